The fourth-order valence-corrected chi connectivity index (χ4v) is 0.224. The molecule has 1 unspecified atom stereocenters. The zero-order valence-corrected chi connectivity index (χ0v) is 5.27. The van der Waals surface area contributed by atoms with Gasteiger partial charge in [-0.15, -0.1) is 10.1 Å². The van der Waals surface area contributed by atoms with Crippen LogP contribution in [-0.4, -0.2) is 22.4 Å². The van der Waals surface area contributed by atoms with Gasteiger partial charge in [-0.2, -0.15) is 0 Å². The van der Waals surface area contributed by atoms with E-state index in [0.29, 0.717) is 0 Å². The molecule has 0 aromatic carbocycles. The predicted molar refractivity (Wildman–Crippen MR) is 29.2 cm³/mol. The highest BCUT2D eigenvalue weighted by Crippen LogP contribution is 1.96. The van der Waals surface area contributed by atoms with Crippen molar-refractivity contribution in [3.8, 4) is 0 Å². The Morgan fingerprint density at radius 3 is 2.22 bits per heavy atom. The summed E-state index contributed by atoms with van der Waals surface area (Å²) in [6.07, 6.45) is -1.56. The summed E-state index contributed by atoms with van der Waals surface area (Å²) in [7, 11) is 0. The van der Waals surface area contributed by atoms with Crippen LogP contribution in [0.3, 0.4) is 0 Å². The van der Waals surface area contributed by atoms with E-state index in [1.807, 2.05) is 0 Å². The van der Waals surface area contributed by atoms with Crippen LogP contribution in [0.15, 0.2) is 0 Å². The summed E-state index contributed by atoms with van der Waals surface area (Å²) in [6, 6.07) is 0. The smallest absolute Gasteiger partial charge is 0.294 e. The van der Waals surface area contributed by atoms with Gasteiger partial charge in [0.1, 0.15) is 6.10 Å². The maximum absolute atomic E-state index is 9.59. The monoisotopic (exact) mass is 135 g/mol. The van der Waals surface area contributed by atoms with E-state index < -0.39 is 17.3 Å². The zero-order valence-electron chi connectivity index (χ0n) is 5.27. The molecule has 0 aromatic heterocycles. The van der Waals surface area contributed by atoms with Crippen LogP contribution in [0.1, 0.15) is 13.8 Å². The molecular formula is C4H9NO4. The first-order valence-electron chi connectivity index (χ1n) is 2.53. The first-order chi connectivity index (χ1) is 4.04. The van der Waals surface area contributed by atoms with E-state index in [1.54, 1.807) is 0 Å². The number of hydrogen-bond acceptors (Lipinski definition) is 4. The van der Waals surface area contributed by atoms with Crippen LogP contribution in [0.4, 0.5) is 0 Å². The van der Waals surface area contributed by atoms with Gasteiger partial charge in [0, 0.05) is 0 Å². The van der Waals surface area contributed by atoms with Crippen molar-refractivity contribution < 1.29 is 15.0 Å². The van der Waals surface area contributed by atoms with Gasteiger partial charge < -0.3 is 9.94 Å². The third-order valence-electron chi connectivity index (χ3n) is 0.932. The fraction of sp³-hybridized carbons (Fsp3) is 1.00. The standard InChI is InChI=1S/C4H9NO4/c1-3(6)4(2)9-5(7)8/h3-4,6H,1-2H3/t3?,4-/m1/s1. The second-order valence-corrected chi connectivity index (χ2v) is 1.77. The van der Waals surface area contributed by atoms with Crippen LogP contribution in [0.2, 0.25) is 0 Å². The van der Waals surface area contributed by atoms with Crippen molar-refractivity contribution in [3.63, 3.8) is 0 Å². The number of aliphatic hydroxyl groups excluding tert-OH is 1. The lowest BCUT2D eigenvalue weighted by Crippen LogP contribution is -2.25. The average molecular weight is 135 g/mol. The van der Waals surface area contributed by atoms with Gasteiger partial charge in [0.2, 0.25) is 0 Å². The molecule has 0 aliphatic heterocycles. The van der Waals surface area contributed by atoms with Crippen molar-refractivity contribution in [2.24, 2.45) is 0 Å². The van der Waals surface area contributed by atoms with E-state index in [4.69, 9.17) is 5.11 Å². The zero-order chi connectivity index (χ0) is 7.44. The van der Waals surface area contributed by atoms with Crippen LogP contribution in [0, 0.1) is 10.1 Å². The summed E-state index contributed by atoms with van der Waals surface area (Å²) in [4.78, 5) is 13.6. The quantitative estimate of drug-likeness (QED) is 0.435. The number of nitrogens with zero attached hydrogens (tertiary/aromatic N) is 1. The van der Waals surface area contributed by atoms with Crippen LogP contribution >= 0.6 is 0 Å². The number of aliphatic hydroxyl groups is 1. The van der Waals surface area contributed by atoms with Gasteiger partial charge in [0.05, 0.1) is 6.10 Å². The summed E-state index contributed by atoms with van der Waals surface area (Å²) < 4.78 is 0. The molecule has 0 saturated carbocycles. The summed E-state index contributed by atoms with van der Waals surface area (Å²) in [5, 5.41) is 17.3. The number of rotatable bonds is 3. The molecule has 0 aliphatic rings. The summed E-state index contributed by atoms with van der Waals surface area (Å²) in [6.45, 7) is 2.85. The van der Waals surface area contributed by atoms with Crippen LogP contribution < -0.4 is 0 Å². The van der Waals surface area contributed by atoms with E-state index in [0.717, 1.165) is 0 Å². The topological polar surface area (TPSA) is 72.6 Å². The Labute approximate surface area is 52.3 Å². The maximum Gasteiger partial charge on any atom is 0.294 e. The van der Waals surface area contributed by atoms with Gasteiger partial charge in [-0.1, -0.05) is 0 Å². The van der Waals surface area contributed by atoms with Crippen molar-refractivity contribution in [2.75, 3.05) is 0 Å². The third kappa shape index (κ3) is 3.72. The first-order valence-corrected chi connectivity index (χ1v) is 2.53. The van der Waals surface area contributed by atoms with Crippen LogP contribution in [0.25, 0.3) is 0 Å². The highest BCUT2D eigenvalue weighted by Gasteiger charge is 2.11. The molecule has 9 heavy (non-hydrogen) atoms. The molecule has 0 amide bonds. The average Bonchev–Trinajstić information content (AvgIpc) is 1.63. The largest absolute Gasteiger partial charge is 0.391 e. The van der Waals surface area contributed by atoms with Gasteiger partial charge in [0.25, 0.3) is 5.09 Å². The van der Waals surface area contributed by atoms with Crippen molar-refractivity contribution >= 4 is 0 Å². The molecule has 0 rings (SSSR count). The Bertz CT molecular complexity index is 103. The first kappa shape index (κ1) is 8.16. The van der Waals surface area contributed by atoms with E-state index >= 15 is 0 Å². The molecule has 0 bridgehead atoms. The molecular weight excluding hydrogens is 126 g/mol. The lowest BCUT2D eigenvalue weighted by atomic mass is 10.3. The molecule has 0 heterocycles. The van der Waals surface area contributed by atoms with Crippen LogP contribution in [0.5, 0.6) is 0 Å². The molecule has 2 atom stereocenters. The minimum absolute atomic E-state index is 0.750. The Hall–Kier alpha value is -0.840. The summed E-state index contributed by atoms with van der Waals surface area (Å²) >= 11 is 0. The normalized spacial score (nSPS) is 16.3. The molecule has 0 saturated heterocycles. The Morgan fingerprint density at radius 1 is 1.67 bits per heavy atom. The number of hydrogen-bond donors (Lipinski definition) is 1. The Morgan fingerprint density at radius 2 is 2.11 bits per heavy atom. The molecule has 5 nitrogen and oxygen atoms in total. The molecule has 0 radical (unpaired) electrons. The van der Waals surface area contributed by atoms with Gasteiger partial charge in [0.15, 0.2) is 0 Å². The maximum atomic E-state index is 9.59. The Kier molecular flexibility index (Phi) is 2.94. The van der Waals surface area contributed by atoms with E-state index in [1.165, 1.54) is 13.8 Å². The van der Waals surface area contributed by atoms with E-state index in [-0.39, 0.29) is 0 Å². The highest BCUT2D eigenvalue weighted by atomic mass is 17.0. The Balaban J connectivity index is 3.50. The van der Waals surface area contributed by atoms with Gasteiger partial charge in [-0.3, -0.25) is 0 Å². The molecule has 5 heteroatoms. The molecule has 54 valence electrons. The SMILES string of the molecule is CC(O)[C@@H](C)O[N+](=O)[O-]. The molecule has 0 aromatic rings. The van der Waals surface area contributed by atoms with Crippen LogP contribution in [-0.2, 0) is 4.84 Å². The second-order valence-electron chi connectivity index (χ2n) is 1.77. The van der Waals surface area contributed by atoms with Gasteiger partial charge in [-0.25, -0.2) is 0 Å². The molecule has 0 spiro atoms. The van der Waals surface area contributed by atoms with E-state index in [2.05, 4.69) is 4.84 Å². The predicted octanol–water partition coefficient (Wildman–Crippen LogP) is -0.0360. The van der Waals surface area contributed by atoms with Crippen molar-refractivity contribution in [2.45, 2.75) is 26.1 Å². The van der Waals surface area contributed by atoms with Gasteiger partial charge >= 0.3 is 0 Å². The second kappa shape index (κ2) is 3.24. The van der Waals surface area contributed by atoms with Crippen molar-refractivity contribution in [1.29, 1.82) is 0 Å². The molecule has 0 aliphatic carbocycles. The van der Waals surface area contributed by atoms with Crippen molar-refractivity contribution in [3.05, 3.63) is 10.1 Å². The fourth-order valence-electron chi connectivity index (χ4n) is 0.224. The molecule has 1 N–H and O–H groups in total. The van der Waals surface area contributed by atoms with Crippen molar-refractivity contribution in [1.82, 2.24) is 0 Å². The minimum atomic E-state index is -0.919. The molecule has 0 fully saturated rings. The summed E-state index contributed by atoms with van der Waals surface area (Å²) in [5.74, 6) is 0. The minimum Gasteiger partial charge on any atom is -0.391 e. The lowest BCUT2D eigenvalue weighted by molar-refractivity contribution is -0.769. The highest BCUT2D eigenvalue weighted by molar-refractivity contribution is 4.53. The summed E-state index contributed by atoms with van der Waals surface area (Å²) in [5.41, 5.74) is 0. The van der Waals surface area contributed by atoms with E-state index in [9.17, 15) is 10.1 Å². The lowest BCUT2D eigenvalue weighted by Gasteiger charge is -2.10. The van der Waals surface area contributed by atoms with Gasteiger partial charge in [-0.05, 0) is 13.8 Å². The third-order valence-corrected chi connectivity index (χ3v) is 0.932.